The van der Waals surface area contributed by atoms with Gasteiger partial charge in [0.25, 0.3) is 0 Å². The summed E-state index contributed by atoms with van der Waals surface area (Å²) in [5, 5.41) is 12.8. The van der Waals surface area contributed by atoms with E-state index in [4.69, 9.17) is 0 Å². The number of hydrogen-bond acceptors (Lipinski definition) is 4. The maximum Gasteiger partial charge on any atom is 0.179 e. The molecule has 0 bridgehead atoms. The molecule has 2 atom stereocenters. The number of nitrogens with zero attached hydrogens (tertiary/aromatic N) is 1. The van der Waals surface area contributed by atoms with E-state index < -0.39 is 0 Å². The van der Waals surface area contributed by atoms with Gasteiger partial charge in [0.2, 0.25) is 0 Å². The molecule has 4 heteroatoms. The van der Waals surface area contributed by atoms with Crippen molar-refractivity contribution in [2.45, 2.75) is 31.4 Å². The molecule has 2 N–H and O–H groups in total. The van der Waals surface area contributed by atoms with Crippen LogP contribution in [-0.4, -0.2) is 42.7 Å². The zero-order valence-corrected chi connectivity index (χ0v) is 11.0. The topological polar surface area (TPSA) is 52.6 Å². The lowest BCUT2D eigenvalue weighted by molar-refractivity contribution is 0.0952. The first-order valence-electron chi connectivity index (χ1n) is 7.05. The number of rotatable bonds is 3. The van der Waals surface area contributed by atoms with Crippen LogP contribution in [0.5, 0.6) is 0 Å². The molecule has 0 saturated carbocycles. The molecular formula is C15H20N2O2. The first kappa shape index (κ1) is 12.6. The summed E-state index contributed by atoms with van der Waals surface area (Å²) < 4.78 is 0. The molecule has 102 valence electrons. The average molecular weight is 260 g/mol. The Labute approximate surface area is 113 Å². The molecule has 2 aliphatic heterocycles. The van der Waals surface area contributed by atoms with Gasteiger partial charge in [-0.2, -0.15) is 0 Å². The molecule has 19 heavy (non-hydrogen) atoms. The standard InChI is InChI=1S/C15H20N2O2/c18-13-7-9-17(10-13)12-5-3-11(4-6-12)15(19)14-2-1-8-16-14/h3-6,13-14,16,18H,1-2,7-10H2. The van der Waals surface area contributed by atoms with Crippen LogP contribution in [0.3, 0.4) is 0 Å². The second-order valence-electron chi connectivity index (χ2n) is 5.45. The molecule has 0 aromatic heterocycles. The number of anilines is 1. The number of aliphatic hydroxyl groups excluding tert-OH is 1. The molecule has 0 amide bonds. The minimum Gasteiger partial charge on any atom is -0.391 e. The molecule has 2 unspecified atom stereocenters. The fraction of sp³-hybridized carbons (Fsp3) is 0.533. The van der Waals surface area contributed by atoms with Gasteiger partial charge in [-0.25, -0.2) is 0 Å². The van der Waals surface area contributed by atoms with Crippen molar-refractivity contribution in [1.29, 1.82) is 0 Å². The van der Waals surface area contributed by atoms with Gasteiger partial charge < -0.3 is 15.3 Å². The molecule has 2 aliphatic rings. The third-order valence-corrected chi connectivity index (χ3v) is 4.06. The summed E-state index contributed by atoms with van der Waals surface area (Å²) in [4.78, 5) is 14.4. The number of carbonyl (C=O) groups excluding carboxylic acids is 1. The minimum atomic E-state index is -0.219. The number of hydrogen-bond donors (Lipinski definition) is 2. The number of nitrogens with one attached hydrogen (secondary N) is 1. The van der Waals surface area contributed by atoms with Crippen molar-refractivity contribution in [1.82, 2.24) is 5.32 Å². The number of ketones is 1. The highest BCUT2D eigenvalue weighted by molar-refractivity contribution is 6.00. The van der Waals surface area contributed by atoms with E-state index in [1.807, 2.05) is 24.3 Å². The van der Waals surface area contributed by atoms with Crippen LogP contribution in [0.25, 0.3) is 0 Å². The molecule has 2 heterocycles. The fourth-order valence-corrected chi connectivity index (χ4v) is 2.92. The largest absolute Gasteiger partial charge is 0.391 e. The highest BCUT2D eigenvalue weighted by Crippen LogP contribution is 2.22. The predicted octanol–water partition coefficient (Wildman–Crippen LogP) is 1.19. The maximum absolute atomic E-state index is 12.2. The van der Waals surface area contributed by atoms with Gasteiger partial charge in [-0.3, -0.25) is 4.79 Å². The monoisotopic (exact) mass is 260 g/mol. The molecule has 1 aromatic carbocycles. The van der Waals surface area contributed by atoms with E-state index in [2.05, 4.69) is 10.2 Å². The Kier molecular flexibility index (Phi) is 3.53. The summed E-state index contributed by atoms with van der Waals surface area (Å²) in [5.74, 6) is 0.200. The Morgan fingerprint density at radius 1 is 1.26 bits per heavy atom. The van der Waals surface area contributed by atoms with E-state index in [0.29, 0.717) is 6.54 Å². The van der Waals surface area contributed by atoms with Gasteiger partial charge in [0.15, 0.2) is 5.78 Å². The second-order valence-corrected chi connectivity index (χ2v) is 5.45. The molecule has 4 nitrogen and oxygen atoms in total. The number of carbonyl (C=O) groups is 1. The summed E-state index contributed by atoms with van der Waals surface area (Å²) in [6, 6.07) is 7.78. The lowest BCUT2D eigenvalue weighted by Gasteiger charge is -2.18. The van der Waals surface area contributed by atoms with Crippen molar-refractivity contribution in [3.05, 3.63) is 29.8 Å². The van der Waals surface area contributed by atoms with Crippen LogP contribution in [0.15, 0.2) is 24.3 Å². The Morgan fingerprint density at radius 2 is 2.05 bits per heavy atom. The van der Waals surface area contributed by atoms with Crippen molar-refractivity contribution in [2.24, 2.45) is 0 Å². The van der Waals surface area contributed by atoms with E-state index in [1.165, 1.54) is 0 Å². The van der Waals surface area contributed by atoms with Crippen molar-refractivity contribution in [2.75, 3.05) is 24.5 Å². The molecule has 0 aliphatic carbocycles. The first-order chi connectivity index (χ1) is 9.24. The summed E-state index contributed by atoms with van der Waals surface area (Å²) in [7, 11) is 0. The van der Waals surface area contributed by atoms with Crippen molar-refractivity contribution in [3.63, 3.8) is 0 Å². The summed E-state index contributed by atoms with van der Waals surface area (Å²) in [6.07, 6.45) is 2.63. The van der Waals surface area contributed by atoms with Crippen LogP contribution in [-0.2, 0) is 0 Å². The van der Waals surface area contributed by atoms with Gasteiger partial charge in [-0.05, 0) is 50.1 Å². The van der Waals surface area contributed by atoms with Crippen LogP contribution in [0.1, 0.15) is 29.6 Å². The zero-order valence-electron chi connectivity index (χ0n) is 11.0. The Morgan fingerprint density at radius 3 is 2.63 bits per heavy atom. The van der Waals surface area contributed by atoms with Gasteiger partial charge >= 0.3 is 0 Å². The normalized spacial score (nSPS) is 26.9. The lowest BCUT2D eigenvalue weighted by Crippen LogP contribution is -2.30. The van der Waals surface area contributed by atoms with E-state index in [1.54, 1.807) is 0 Å². The Hall–Kier alpha value is -1.39. The molecule has 0 radical (unpaired) electrons. The molecule has 1 aromatic rings. The predicted molar refractivity (Wildman–Crippen MR) is 74.6 cm³/mol. The van der Waals surface area contributed by atoms with Gasteiger partial charge in [-0.15, -0.1) is 0 Å². The summed E-state index contributed by atoms with van der Waals surface area (Å²) in [6.45, 7) is 2.52. The zero-order chi connectivity index (χ0) is 13.2. The average Bonchev–Trinajstić information content (AvgIpc) is 3.09. The van der Waals surface area contributed by atoms with Gasteiger partial charge in [0.1, 0.15) is 0 Å². The van der Waals surface area contributed by atoms with Crippen LogP contribution in [0, 0.1) is 0 Å². The third-order valence-electron chi connectivity index (χ3n) is 4.06. The number of Topliss-reactive ketones (excluding diaryl/α,β-unsaturated/α-hetero) is 1. The van der Waals surface area contributed by atoms with Gasteiger partial charge in [0, 0.05) is 24.3 Å². The van der Waals surface area contributed by atoms with Crippen molar-refractivity contribution >= 4 is 11.5 Å². The van der Waals surface area contributed by atoms with E-state index in [0.717, 1.165) is 43.6 Å². The van der Waals surface area contributed by atoms with E-state index in [-0.39, 0.29) is 17.9 Å². The van der Waals surface area contributed by atoms with Crippen LogP contribution in [0.4, 0.5) is 5.69 Å². The Balaban J connectivity index is 1.70. The highest BCUT2D eigenvalue weighted by Gasteiger charge is 2.24. The van der Waals surface area contributed by atoms with Gasteiger partial charge in [-0.1, -0.05) is 0 Å². The lowest BCUT2D eigenvalue weighted by atomic mass is 10.0. The quantitative estimate of drug-likeness (QED) is 0.802. The molecular weight excluding hydrogens is 240 g/mol. The summed E-state index contributed by atoms with van der Waals surface area (Å²) in [5.41, 5.74) is 1.87. The molecule has 2 fully saturated rings. The molecule has 0 spiro atoms. The smallest absolute Gasteiger partial charge is 0.179 e. The summed E-state index contributed by atoms with van der Waals surface area (Å²) >= 11 is 0. The maximum atomic E-state index is 12.2. The number of aliphatic hydroxyl groups is 1. The first-order valence-corrected chi connectivity index (χ1v) is 7.05. The third kappa shape index (κ3) is 2.65. The van der Waals surface area contributed by atoms with E-state index in [9.17, 15) is 9.90 Å². The molecule has 3 rings (SSSR count). The fourth-order valence-electron chi connectivity index (χ4n) is 2.92. The van der Waals surface area contributed by atoms with Crippen molar-refractivity contribution < 1.29 is 9.90 Å². The van der Waals surface area contributed by atoms with Crippen LogP contribution < -0.4 is 10.2 Å². The minimum absolute atomic E-state index is 0.000501. The van der Waals surface area contributed by atoms with Crippen LogP contribution in [0.2, 0.25) is 0 Å². The van der Waals surface area contributed by atoms with Gasteiger partial charge in [0.05, 0.1) is 12.1 Å². The highest BCUT2D eigenvalue weighted by atomic mass is 16.3. The molecule has 2 saturated heterocycles. The SMILES string of the molecule is O=C(c1ccc(N2CCC(O)C2)cc1)C1CCCN1. The van der Waals surface area contributed by atoms with Crippen LogP contribution >= 0.6 is 0 Å². The van der Waals surface area contributed by atoms with E-state index >= 15 is 0 Å². The second kappa shape index (κ2) is 5.31. The number of β-amino-alcohol motifs (C(OH)–C–C–N with tert-alkyl or cyclic N) is 1. The van der Waals surface area contributed by atoms with Crippen molar-refractivity contribution in [3.8, 4) is 0 Å². The Bertz CT molecular complexity index is 452. The number of benzene rings is 1.